The fraction of sp³-hybridized carbons (Fsp3) is 0.107. The number of nitrogens with zero attached hydrogens (tertiary/aromatic N) is 2. The van der Waals surface area contributed by atoms with Gasteiger partial charge >= 0.3 is 195 Å². The minimum atomic E-state index is -0.912. The van der Waals surface area contributed by atoms with E-state index in [1.54, 1.807) is 8.85 Å². The van der Waals surface area contributed by atoms with Crippen LogP contribution in [0.1, 0.15) is 26.7 Å². The number of aromatic nitrogens is 2. The third-order valence-electron chi connectivity index (χ3n) is 6.21. The van der Waals surface area contributed by atoms with Crippen molar-refractivity contribution in [2.75, 3.05) is 0 Å². The van der Waals surface area contributed by atoms with Crippen LogP contribution in [0, 0.1) is 0 Å². The van der Waals surface area contributed by atoms with Crippen LogP contribution in [0.15, 0.2) is 106 Å². The number of hydrogen-bond donors (Lipinski definition) is 0. The molecule has 0 saturated heterocycles. The number of allylic oxidation sites excluding steroid dienone is 5. The van der Waals surface area contributed by atoms with E-state index in [0.717, 1.165) is 12.8 Å². The summed E-state index contributed by atoms with van der Waals surface area (Å²) in [6, 6.07) is 28.3. The fourth-order valence-corrected chi connectivity index (χ4v) is 8.89. The number of benzene rings is 3. The first-order valence-electron chi connectivity index (χ1n) is 10.8. The summed E-state index contributed by atoms with van der Waals surface area (Å²) >= 11 is -0.912. The van der Waals surface area contributed by atoms with E-state index in [1.165, 1.54) is 33.3 Å². The van der Waals surface area contributed by atoms with Crippen molar-refractivity contribution in [3.63, 3.8) is 0 Å². The summed E-state index contributed by atoms with van der Waals surface area (Å²) in [7, 11) is 0. The van der Waals surface area contributed by atoms with Gasteiger partial charge in [0.05, 0.1) is 0 Å². The molecule has 0 aliphatic heterocycles. The third kappa shape index (κ3) is 4.60. The molecule has 1 atom stereocenters. The van der Waals surface area contributed by atoms with Crippen LogP contribution in [-0.2, 0) is 29.7 Å². The van der Waals surface area contributed by atoms with Crippen LogP contribution in [0.4, 0.5) is 0 Å². The third-order valence-corrected chi connectivity index (χ3v) is 10.6. The van der Waals surface area contributed by atoms with Gasteiger partial charge in [0, 0.05) is 0 Å². The Morgan fingerprint density at radius 3 is 2.52 bits per heavy atom. The van der Waals surface area contributed by atoms with Crippen molar-refractivity contribution >= 4 is 22.7 Å². The average Bonchev–Trinajstić information content (AvgIpc) is 3.52. The molecule has 3 aromatic carbocycles. The molecule has 2 aliphatic rings. The van der Waals surface area contributed by atoms with Crippen molar-refractivity contribution in [3.8, 4) is 0 Å². The summed E-state index contributed by atoms with van der Waals surface area (Å²) in [5, 5.41) is 6.02. The molecule has 0 fully saturated rings. The first-order valence-corrected chi connectivity index (χ1v) is 13.4. The minimum absolute atomic E-state index is 0. The summed E-state index contributed by atoms with van der Waals surface area (Å²) in [5.41, 5.74) is 8.36. The largest absolute Gasteiger partial charge is 1.00 e. The van der Waals surface area contributed by atoms with E-state index in [4.69, 9.17) is 5.10 Å². The van der Waals surface area contributed by atoms with E-state index in [2.05, 4.69) is 102 Å². The summed E-state index contributed by atoms with van der Waals surface area (Å²) in [6.45, 7) is 0. The second kappa shape index (κ2) is 10.4. The van der Waals surface area contributed by atoms with E-state index in [1.807, 2.05) is 6.20 Å². The molecule has 2 nitrogen and oxygen atoms in total. The van der Waals surface area contributed by atoms with Gasteiger partial charge in [-0.2, -0.15) is 0 Å². The molecule has 0 N–H and O–H groups in total. The zero-order chi connectivity index (χ0) is 20.6. The zero-order valence-electron chi connectivity index (χ0n) is 18.0. The van der Waals surface area contributed by atoms with Gasteiger partial charge in [0.25, 0.3) is 0 Å². The Morgan fingerprint density at radius 2 is 1.64 bits per heavy atom. The zero-order valence-corrected chi connectivity index (χ0v) is 21.9. The van der Waals surface area contributed by atoms with E-state index < -0.39 is 23.2 Å². The predicted molar refractivity (Wildman–Crippen MR) is 124 cm³/mol. The molecule has 0 bridgehead atoms. The number of para-hydroxylation sites is 1. The predicted octanol–water partition coefficient (Wildman–Crippen LogP) is 0.636. The van der Waals surface area contributed by atoms with Crippen molar-refractivity contribution in [2.45, 2.75) is 16.5 Å². The molecule has 1 aromatic heterocycles. The topological polar surface area (TPSA) is 17.8 Å². The molecule has 6 rings (SSSR count). The Balaban J connectivity index is 0.00000130. The van der Waals surface area contributed by atoms with Crippen LogP contribution in [0.25, 0.3) is 22.7 Å². The smallest absolute Gasteiger partial charge is 1.00 e. The normalized spacial score (nSPS) is 16.1. The van der Waals surface area contributed by atoms with E-state index in [0.29, 0.717) is 3.63 Å². The molecular formula is C28H22Cl2N2Zr. The van der Waals surface area contributed by atoms with Crippen LogP contribution in [0.5, 0.6) is 0 Å². The van der Waals surface area contributed by atoms with Gasteiger partial charge in [0.1, 0.15) is 0 Å². The standard InChI is InChI=1S/C16H11N2.C12H11.2ClH.Zr/c1-2-6-13-10-15(9-12(13)5-1)18-16-8-4-3-7-14(16)11-17-18;1-2-6-11(7-3-1)10-12-8-4-5-9-12;;;/h1-11H;1-4,6-8H,5,10H2;2*1H;/q;;;;+2/p-2. The van der Waals surface area contributed by atoms with Crippen LogP contribution in [-0.4, -0.2) is 9.78 Å². The van der Waals surface area contributed by atoms with E-state index >= 15 is 0 Å². The maximum absolute atomic E-state index is 4.82. The van der Waals surface area contributed by atoms with Crippen molar-refractivity contribution in [3.05, 3.63) is 123 Å². The average molecular weight is 549 g/mol. The van der Waals surface area contributed by atoms with Crippen LogP contribution >= 0.6 is 0 Å². The molecule has 0 amide bonds. The maximum Gasteiger partial charge on any atom is -1.00 e. The molecule has 5 heteroatoms. The van der Waals surface area contributed by atoms with Crippen LogP contribution in [0.2, 0.25) is 0 Å². The van der Waals surface area contributed by atoms with Crippen molar-refractivity contribution in [1.29, 1.82) is 0 Å². The van der Waals surface area contributed by atoms with Gasteiger partial charge < -0.3 is 24.8 Å². The minimum Gasteiger partial charge on any atom is -1.00 e. The number of hydrogen-bond acceptors (Lipinski definition) is 1. The molecule has 1 heterocycles. The Kier molecular flexibility index (Phi) is 7.54. The quantitative estimate of drug-likeness (QED) is 0.358. The summed E-state index contributed by atoms with van der Waals surface area (Å²) in [5.74, 6) is 0. The monoisotopic (exact) mass is 546 g/mol. The van der Waals surface area contributed by atoms with Crippen molar-refractivity contribution in [1.82, 2.24) is 9.78 Å². The fourth-order valence-electron chi connectivity index (χ4n) is 4.68. The molecule has 4 aromatic rings. The van der Waals surface area contributed by atoms with Gasteiger partial charge in [-0.25, -0.2) is 0 Å². The Hall–Kier alpha value is -2.19. The van der Waals surface area contributed by atoms with Gasteiger partial charge in [-0.15, -0.1) is 0 Å². The number of halogens is 2. The van der Waals surface area contributed by atoms with Crippen LogP contribution in [0.3, 0.4) is 0 Å². The summed E-state index contributed by atoms with van der Waals surface area (Å²) in [6.07, 6.45) is 11.3. The SMILES string of the molecule is C1=CC(Cc2ccccc2)=[C]([Zr+2][CH]2C(n3ncc4ccccc43)=Cc3ccccc32)C1.[Cl-].[Cl-]. The first-order chi connectivity index (χ1) is 15.4. The Bertz CT molecular complexity index is 1370. The summed E-state index contributed by atoms with van der Waals surface area (Å²) in [4.78, 5) is 0. The Labute approximate surface area is 218 Å². The van der Waals surface area contributed by atoms with Crippen LogP contribution < -0.4 is 24.8 Å². The molecule has 162 valence electrons. The van der Waals surface area contributed by atoms with Gasteiger partial charge in [0.2, 0.25) is 0 Å². The van der Waals surface area contributed by atoms with Gasteiger partial charge in [-0.1, -0.05) is 0 Å². The molecule has 0 spiro atoms. The molecule has 0 saturated carbocycles. The molecular weight excluding hydrogens is 526 g/mol. The molecule has 2 aliphatic carbocycles. The summed E-state index contributed by atoms with van der Waals surface area (Å²) < 4.78 is 4.40. The molecule has 33 heavy (non-hydrogen) atoms. The Morgan fingerprint density at radius 1 is 0.879 bits per heavy atom. The maximum atomic E-state index is 4.82. The second-order valence-corrected chi connectivity index (χ2v) is 11.8. The first kappa shape index (κ1) is 24.0. The molecule has 0 radical (unpaired) electrons. The van der Waals surface area contributed by atoms with E-state index in [-0.39, 0.29) is 24.8 Å². The van der Waals surface area contributed by atoms with Crippen molar-refractivity contribution in [2.24, 2.45) is 0 Å². The van der Waals surface area contributed by atoms with E-state index in [9.17, 15) is 0 Å². The number of rotatable bonds is 5. The van der Waals surface area contributed by atoms with Gasteiger partial charge in [-0.05, 0) is 0 Å². The molecule has 1 unspecified atom stereocenters. The van der Waals surface area contributed by atoms with Crippen molar-refractivity contribution < 1.29 is 48.0 Å². The van der Waals surface area contributed by atoms with Gasteiger partial charge in [-0.3, -0.25) is 0 Å². The second-order valence-electron chi connectivity index (χ2n) is 8.16. The number of fused-ring (bicyclic) bond motifs is 2. The van der Waals surface area contributed by atoms with Gasteiger partial charge in [0.15, 0.2) is 0 Å².